The van der Waals surface area contributed by atoms with Crippen LogP contribution >= 0.6 is 23.1 Å². The first-order valence-electron chi connectivity index (χ1n) is 7.21. The Morgan fingerprint density at radius 3 is 2.84 bits per heavy atom. The number of thioether (sulfide) groups is 1. The standard InChI is InChI=1S/C14H16N4O4S3/c1-8-4-5-9-10(6-8)22-11(7-18(9)25(3,20)21)12(19)15-13-16-17-14(23-2)24-13/h4-6,11H,7H2,1-3H3,(H,15,16,19)/t11-/m1/s1. The number of hydrogen-bond acceptors (Lipinski definition) is 8. The summed E-state index contributed by atoms with van der Waals surface area (Å²) in [6.45, 7) is 1.76. The van der Waals surface area contributed by atoms with Crippen LogP contribution in [0.5, 0.6) is 5.75 Å². The van der Waals surface area contributed by atoms with E-state index in [-0.39, 0.29) is 6.54 Å². The molecule has 3 rings (SSSR count). The molecule has 0 radical (unpaired) electrons. The Labute approximate surface area is 153 Å². The molecule has 0 saturated carbocycles. The van der Waals surface area contributed by atoms with E-state index in [1.165, 1.54) is 27.4 Å². The third-order valence-corrected chi connectivity index (χ3v) is 6.45. The van der Waals surface area contributed by atoms with Crippen molar-refractivity contribution >= 4 is 49.8 Å². The van der Waals surface area contributed by atoms with E-state index in [1.54, 1.807) is 18.2 Å². The molecule has 1 N–H and O–H groups in total. The first kappa shape index (κ1) is 18.0. The molecule has 2 heterocycles. The van der Waals surface area contributed by atoms with Crippen LogP contribution in [0.25, 0.3) is 0 Å². The number of sulfonamides is 1. The SMILES string of the molecule is CSc1nnc(NC(=O)[C@H]2CN(S(C)(=O)=O)c3ccc(C)cc3O2)s1. The van der Waals surface area contributed by atoms with Gasteiger partial charge in [0.05, 0.1) is 18.5 Å². The molecule has 1 atom stereocenters. The third kappa shape index (κ3) is 3.88. The quantitative estimate of drug-likeness (QED) is 0.616. The van der Waals surface area contributed by atoms with Crippen LogP contribution in [0.4, 0.5) is 10.8 Å². The minimum absolute atomic E-state index is 0.102. The molecule has 2 aromatic rings. The fourth-order valence-electron chi connectivity index (χ4n) is 2.34. The van der Waals surface area contributed by atoms with Crippen LogP contribution < -0.4 is 14.4 Å². The molecule has 1 aliphatic heterocycles. The van der Waals surface area contributed by atoms with Crippen LogP contribution in [0, 0.1) is 6.92 Å². The normalized spacial score (nSPS) is 16.9. The summed E-state index contributed by atoms with van der Waals surface area (Å²) < 4.78 is 31.9. The molecule has 0 spiro atoms. The van der Waals surface area contributed by atoms with E-state index in [4.69, 9.17) is 4.74 Å². The van der Waals surface area contributed by atoms with E-state index < -0.39 is 22.0 Å². The molecule has 0 saturated heterocycles. The number of carbonyl (C=O) groups is 1. The largest absolute Gasteiger partial charge is 0.476 e. The van der Waals surface area contributed by atoms with E-state index >= 15 is 0 Å². The maximum atomic E-state index is 12.5. The highest BCUT2D eigenvalue weighted by molar-refractivity contribution is 8.00. The zero-order valence-electron chi connectivity index (χ0n) is 13.7. The number of nitrogens with one attached hydrogen (secondary N) is 1. The van der Waals surface area contributed by atoms with E-state index in [9.17, 15) is 13.2 Å². The number of nitrogens with zero attached hydrogens (tertiary/aromatic N) is 3. The first-order chi connectivity index (χ1) is 11.8. The van der Waals surface area contributed by atoms with Crippen molar-refractivity contribution in [2.45, 2.75) is 17.4 Å². The van der Waals surface area contributed by atoms with Gasteiger partial charge >= 0.3 is 0 Å². The van der Waals surface area contributed by atoms with Crippen LogP contribution in [-0.4, -0.2) is 49.7 Å². The Morgan fingerprint density at radius 1 is 1.44 bits per heavy atom. The van der Waals surface area contributed by atoms with E-state index in [0.717, 1.165) is 16.2 Å². The van der Waals surface area contributed by atoms with Gasteiger partial charge in [-0.1, -0.05) is 29.2 Å². The lowest BCUT2D eigenvalue weighted by atomic mass is 10.1. The van der Waals surface area contributed by atoms with Crippen LogP contribution in [0.3, 0.4) is 0 Å². The zero-order chi connectivity index (χ0) is 18.2. The van der Waals surface area contributed by atoms with Crippen molar-refractivity contribution < 1.29 is 17.9 Å². The third-order valence-electron chi connectivity index (χ3n) is 3.49. The van der Waals surface area contributed by atoms with Gasteiger partial charge in [-0.2, -0.15) is 0 Å². The summed E-state index contributed by atoms with van der Waals surface area (Å²) in [5.74, 6) is -0.108. The highest BCUT2D eigenvalue weighted by Gasteiger charge is 2.35. The van der Waals surface area contributed by atoms with Gasteiger partial charge in [-0.15, -0.1) is 10.2 Å². The average Bonchev–Trinajstić information content (AvgIpc) is 3.00. The molecule has 0 fully saturated rings. The van der Waals surface area contributed by atoms with E-state index in [0.29, 0.717) is 16.6 Å². The van der Waals surface area contributed by atoms with Gasteiger partial charge in [0, 0.05) is 0 Å². The number of anilines is 2. The van der Waals surface area contributed by atoms with Crippen molar-refractivity contribution in [1.82, 2.24) is 10.2 Å². The zero-order valence-corrected chi connectivity index (χ0v) is 16.2. The molecular weight excluding hydrogens is 384 g/mol. The van der Waals surface area contributed by atoms with Crippen molar-refractivity contribution in [3.8, 4) is 5.75 Å². The number of benzene rings is 1. The van der Waals surface area contributed by atoms with Crippen LogP contribution in [0.15, 0.2) is 22.5 Å². The number of amides is 1. The number of carbonyl (C=O) groups excluding carboxylic acids is 1. The first-order valence-corrected chi connectivity index (χ1v) is 11.1. The smallest absolute Gasteiger partial charge is 0.269 e. The van der Waals surface area contributed by atoms with Gasteiger partial charge in [-0.3, -0.25) is 14.4 Å². The Balaban J connectivity index is 1.86. The average molecular weight is 401 g/mol. The van der Waals surface area contributed by atoms with Crippen LogP contribution in [0.2, 0.25) is 0 Å². The fourth-order valence-corrected chi connectivity index (χ4v) is 4.43. The van der Waals surface area contributed by atoms with Crippen LogP contribution in [-0.2, 0) is 14.8 Å². The highest BCUT2D eigenvalue weighted by Crippen LogP contribution is 2.36. The molecule has 134 valence electrons. The summed E-state index contributed by atoms with van der Waals surface area (Å²) in [4.78, 5) is 12.5. The van der Waals surface area contributed by atoms with Gasteiger partial charge in [-0.25, -0.2) is 8.42 Å². The van der Waals surface area contributed by atoms with Crippen molar-refractivity contribution in [2.24, 2.45) is 0 Å². The van der Waals surface area contributed by atoms with Crippen molar-refractivity contribution in [2.75, 3.05) is 28.7 Å². The van der Waals surface area contributed by atoms with E-state index in [2.05, 4.69) is 15.5 Å². The number of hydrogen-bond donors (Lipinski definition) is 1. The summed E-state index contributed by atoms with van der Waals surface area (Å²) in [5, 5.41) is 10.8. The number of ether oxygens (including phenoxy) is 1. The molecule has 0 aliphatic carbocycles. The molecule has 1 aromatic carbocycles. The number of aromatic nitrogens is 2. The molecule has 1 aliphatic rings. The summed E-state index contributed by atoms with van der Waals surface area (Å²) >= 11 is 2.66. The lowest BCUT2D eigenvalue weighted by molar-refractivity contribution is -0.122. The second-order valence-corrected chi connectivity index (χ2v) is 9.38. The van der Waals surface area contributed by atoms with Crippen molar-refractivity contribution in [1.29, 1.82) is 0 Å². The van der Waals surface area contributed by atoms with Crippen LogP contribution in [0.1, 0.15) is 5.56 Å². The van der Waals surface area contributed by atoms with Crippen molar-refractivity contribution in [3.63, 3.8) is 0 Å². The van der Waals surface area contributed by atoms with Gasteiger partial charge in [0.2, 0.25) is 15.2 Å². The Kier molecular flexibility index (Phi) is 4.89. The molecule has 25 heavy (non-hydrogen) atoms. The molecule has 1 amide bonds. The topological polar surface area (TPSA) is 101 Å². The van der Waals surface area contributed by atoms with Crippen molar-refractivity contribution in [3.05, 3.63) is 23.8 Å². The Bertz CT molecular complexity index is 913. The Morgan fingerprint density at radius 2 is 2.20 bits per heavy atom. The molecular formula is C14H16N4O4S3. The lowest BCUT2D eigenvalue weighted by Gasteiger charge is -2.33. The van der Waals surface area contributed by atoms with Gasteiger partial charge in [0.1, 0.15) is 5.75 Å². The number of rotatable bonds is 4. The number of aryl methyl sites for hydroxylation is 1. The second kappa shape index (κ2) is 6.81. The maximum Gasteiger partial charge on any atom is 0.269 e. The van der Waals surface area contributed by atoms with E-state index in [1.807, 2.05) is 13.2 Å². The van der Waals surface area contributed by atoms with Gasteiger partial charge in [0.15, 0.2) is 10.4 Å². The summed E-state index contributed by atoms with van der Waals surface area (Å²) in [5.41, 5.74) is 1.33. The molecule has 1 aromatic heterocycles. The minimum atomic E-state index is -3.55. The van der Waals surface area contributed by atoms with Gasteiger partial charge < -0.3 is 4.74 Å². The second-order valence-electron chi connectivity index (χ2n) is 5.44. The fraction of sp³-hybridized carbons (Fsp3) is 0.357. The molecule has 0 bridgehead atoms. The predicted octanol–water partition coefficient (Wildman–Crippen LogP) is 1.73. The summed E-state index contributed by atoms with van der Waals surface area (Å²) in [6, 6.07) is 5.19. The van der Waals surface area contributed by atoms with Gasteiger partial charge in [0.25, 0.3) is 5.91 Å². The monoisotopic (exact) mass is 400 g/mol. The summed E-state index contributed by atoms with van der Waals surface area (Å²) in [7, 11) is -3.55. The lowest BCUT2D eigenvalue weighted by Crippen LogP contribution is -2.48. The minimum Gasteiger partial charge on any atom is -0.476 e. The Hall–Kier alpha value is -1.85. The maximum absolute atomic E-state index is 12.5. The molecule has 0 unspecified atom stereocenters. The summed E-state index contributed by atoms with van der Waals surface area (Å²) in [6.07, 6.45) is 1.98. The highest BCUT2D eigenvalue weighted by atomic mass is 32.2. The molecule has 8 nitrogen and oxygen atoms in total. The van der Waals surface area contributed by atoms with Gasteiger partial charge in [-0.05, 0) is 30.9 Å². The number of fused-ring (bicyclic) bond motifs is 1. The molecule has 11 heteroatoms. The predicted molar refractivity (Wildman–Crippen MR) is 98.1 cm³/mol.